The van der Waals surface area contributed by atoms with E-state index >= 15 is 0 Å². The summed E-state index contributed by atoms with van der Waals surface area (Å²) in [5.41, 5.74) is 0. The molecule has 0 aromatic rings. The molecule has 0 amide bonds. The van der Waals surface area contributed by atoms with Gasteiger partial charge in [0, 0.05) is 0 Å². The van der Waals surface area contributed by atoms with Crippen molar-refractivity contribution in [2.75, 3.05) is 6.61 Å². The maximum atomic E-state index is 11.7. The molecule has 0 unspecified atom stereocenters. The Labute approximate surface area is 67.7 Å². The summed E-state index contributed by atoms with van der Waals surface area (Å²) >= 11 is 0. The van der Waals surface area contributed by atoms with Crippen molar-refractivity contribution in [3.05, 3.63) is 12.2 Å². The third kappa shape index (κ3) is 4.47. The van der Waals surface area contributed by atoms with Crippen LogP contribution in [0.25, 0.3) is 0 Å². The van der Waals surface area contributed by atoms with E-state index in [1.54, 1.807) is 0 Å². The molecule has 0 spiro atoms. The second-order valence-corrected chi connectivity index (χ2v) is 1.13. The SMILES string of the molecule is CCOC(=O)C(F)=[C-]F.[Cu+]. The van der Waals surface area contributed by atoms with Crippen LogP contribution in [-0.2, 0) is 26.6 Å². The fourth-order valence-corrected chi connectivity index (χ4v) is 0.233. The fraction of sp³-hybridized carbons (Fsp3) is 0.400. The predicted molar refractivity (Wildman–Crippen MR) is 25.6 cm³/mol. The molecule has 0 aliphatic carbocycles. The van der Waals surface area contributed by atoms with Crippen LogP contribution < -0.4 is 0 Å². The number of esters is 1. The molecule has 0 rings (SSSR count). The van der Waals surface area contributed by atoms with Gasteiger partial charge in [-0.15, -0.1) is 0 Å². The summed E-state index contributed by atoms with van der Waals surface area (Å²) in [7, 11) is 0. The summed E-state index contributed by atoms with van der Waals surface area (Å²) in [4.78, 5) is 10.0. The number of hydrogen-bond acceptors (Lipinski definition) is 2. The molecule has 0 radical (unpaired) electrons. The normalized spacial score (nSPS) is 10.1. The topological polar surface area (TPSA) is 26.3 Å². The Morgan fingerprint density at radius 3 is 2.50 bits per heavy atom. The summed E-state index contributed by atoms with van der Waals surface area (Å²) in [5.74, 6) is -2.95. The van der Waals surface area contributed by atoms with Crippen molar-refractivity contribution >= 4 is 5.97 Å². The Kier molecular flexibility index (Phi) is 8.24. The van der Waals surface area contributed by atoms with Gasteiger partial charge in [0.25, 0.3) is 0 Å². The maximum absolute atomic E-state index is 11.7. The molecule has 0 bridgehead atoms. The minimum atomic E-state index is -1.63. The van der Waals surface area contributed by atoms with Crippen LogP contribution in [0.5, 0.6) is 0 Å². The van der Waals surface area contributed by atoms with Gasteiger partial charge in [0.1, 0.15) is 0 Å². The van der Waals surface area contributed by atoms with E-state index in [1.165, 1.54) is 6.92 Å². The molecule has 0 aromatic carbocycles. The smallest absolute Gasteiger partial charge is 0.546 e. The Bertz CT molecular complexity index is 136. The van der Waals surface area contributed by atoms with Gasteiger partial charge >= 0.3 is 17.1 Å². The van der Waals surface area contributed by atoms with Gasteiger partial charge in [0.15, 0.2) is 0 Å². The van der Waals surface area contributed by atoms with E-state index < -0.39 is 11.8 Å². The molecular formula is C5H5CuF2O2. The van der Waals surface area contributed by atoms with Crippen LogP contribution in [0.4, 0.5) is 8.78 Å². The average molecular weight is 199 g/mol. The molecule has 0 saturated heterocycles. The van der Waals surface area contributed by atoms with E-state index in [0.717, 1.165) is 0 Å². The van der Waals surface area contributed by atoms with Crippen LogP contribution in [0.3, 0.4) is 0 Å². The number of rotatable bonds is 2. The van der Waals surface area contributed by atoms with E-state index in [0.29, 0.717) is 6.33 Å². The first-order valence-corrected chi connectivity index (χ1v) is 2.28. The summed E-state index contributed by atoms with van der Waals surface area (Å²) < 4.78 is 26.7. The molecule has 0 fully saturated rings. The van der Waals surface area contributed by atoms with Crippen molar-refractivity contribution in [3.8, 4) is 0 Å². The molecule has 10 heavy (non-hydrogen) atoms. The van der Waals surface area contributed by atoms with Gasteiger partial charge in [-0.3, -0.25) is 0 Å². The van der Waals surface area contributed by atoms with Crippen LogP contribution in [0.1, 0.15) is 6.92 Å². The molecule has 2 nitrogen and oxygen atoms in total. The van der Waals surface area contributed by atoms with Crippen molar-refractivity contribution in [1.82, 2.24) is 0 Å². The van der Waals surface area contributed by atoms with Crippen LogP contribution in [0, 0.1) is 6.33 Å². The summed E-state index contributed by atoms with van der Waals surface area (Å²) in [6.07, 6.45) is 0.525. The molecule has 0 aromatic heterocycles. The van der Waals surface area contributed by atoms with Crippen molar-refractivity contribution in [3.63, 3.8) is 0 Å². The quantitative estimate of drug-likeness (QED) is 0.288. The van der Waals surface area contributed by atoms with Gasteiger partial charge < -0.3 is 13.9 Å². The number of halogens is 2. The Morgan fingerprint density at radius 1 is 1.70 bits per heavy atom. The third-order valence-corrected chi connectivity index (χ3v) is 0.538. The zero-order valence-electron chi connectivity index (χ0n) is 5.08. The van der Waals surface area contributed by atoms with Crippen LogP contribution in [-0.4, -0.2) is 12.6 Å². The Morgan fingerprint density at radius 2 is 2.20 bits per heavy atom. The van der Waals surface area contributed by atoms with Gasteiger partial charge in [-0.05, 0) is 13.3 Å². The van der Waals surface area contributed by atoms with E-state index in [1.807, 2.05) is 0 Å². The fourth-order valence-electron chi connectivity index (χ4n) is 0.233. The van der Waals surface area contributed by atoms with Crippen LogP contribution in [0.2, 0.25) is 0 Å². The Balaban J connectivity index is 0. The number of carbonyl (C=O) groups is 1. The molecule has 0 heterocycles. The number of carbonyl (C=O) groups excluding carboxylic acids is 1. The average Bonchev–Trinajstić information content (AvgIpc) is 1.87. The minimum Gasteiger partial charge on any atom is -0.546 e. The van der Waals surface area contributed by atoms with Gasteiger partial charge in [0.05, 0.1) is 12.4 Å². The molecular weight excluding hydrogens is 194 g/mol. The first-order valence-electron chi connectivity index (χ1n) is 2.28. The molecule has 0 saturated carbocycles. The van der Waals surface area contributed by atoms with Crippen molar-refractivity contribution in [1.29, 1.82) is 0 Å². The molecule has 0 atom stereocenters. The molecule has 62 valence electrons. The second kappa shape index (κ2) is 6.71. The monoisotopic (exact) mass is 198 g/mol. The van der Waals surface area contributed by atoms with Gasteiger partial charge in [-0.1, -0.05) is 0 Å². The number of hydrogen-bond donors (Lipinski definition) is 0. The molecule has 0 N–H and O–H groups in total. The van der Waals surface area contributed by atoms with Gasteiger partial charge in [-0.2, -0.15) is 0 Å². The van der Waals surface area contributed by atoms with E-state index in [4.69, 9.17) is 0 Å². The molecule has 0 aliphatic heterocycles. The summed E-state index contributed by atoms with van der Waals surface area (Å²) in [6.45, 7) is 1.51. The van der Waals surface area contributed by atoms with Gasteiger partial charge in [-0.25, -0.2) is 4.39 Å². The van der Waals surface area contributed by atoms with E-state index in [-0.39, 0.29) is 23.7 Å². The van der Waals surface area contributed by atoms with Crippen LogP contribution >= 0.6 is 0 Å². The zero-order valence-corrected chi connectivity index (χ0v) is 6.02. The van der Waals surface area contributed by atoms with E-state index in [2.05, 4.69) is 4.74 Å². The number of ether oxygens (including phenoxy) is 1. The van der Waals surface area contributed by atoms with Crippen molar-refractivity contribution < 1.29 is 35.4 Å². The second-order valence-electron chi connectivity index (χ2n) is 1.13. The maximum Gasteiger partial charge on any atom is 1.00 e. The minimum absolute atomic E-state index is 0. The summed E-state index contributed by atoms with van der Waals surface area (Å²) in [6, 6.07) is 0. The third-order valence-electron chi connectivity index (χ3n) is 0.538. The summed E-state index contributed by atoms with van der Waals surface area (Å²) in [5, 5.41) is 0. The Hall–Kier alpha value is -0.411. The van der Waals surface area contributed by atoms with Crippen molar-refractivity contribution in [2.45, 2.75) is 6.92 Å². The first kappa shape index (κ1) is 12.3. The largest absolute Gasteiger partial charge is 1.00 e. The van der Waals surface area contributed by atoms with E-state index in [9.17, 15) is 13.6 Å². The van der Waals surface area contributed by atoms with Gasteiger partial charge in [0.2, 0.25) is 5.97 Å². The predicted octanol–water partition coefficient (Wildman–Crippen LogP) is 1.13. The van der Waals surface area contributed by atoms with Crippen LogP contribution in [0.15, 0.2) is 5.83 Å². The zero-order chi connectivity index (χ0) is 7.28. The molecule has 0 aliphatic rings. The van der Waals surface area contributed by atoms with Crippen molar-refractivity contribution in [2.24, 2.45) is 0 Å². The standard InChI is InChI=1S/C5H5F2O2.Cu/c1-2-9-5(8)4(7)3-6;/h2H2,1H3;/q-1;+1. The first-order chi connectivity index (χ1) is 4.22. The molecule has 5 heteroatoms.